The molecule has 0 spiro atoms. The summed E-state index contributed by atoms with van der Waals surface area (Å²) < 4.78 is 12.4. The molecule has 0 atom stereocenters. The first-order valence-corrected chi connectivity index (χ1v) is 24.2. The molecule has 6 aromatic rings. The number of aliphatic hydroxyl groups is 1. The minimum atomic E-state index is -0.742. The number of benzene rings is 2. The molecule has 0 bridgehead atoms. The second kappa shape index (κ2) is 19.6. The topological polar surface area (TPSA) is 150 Å². The van der Waals surface area contributed by atoms with E-state index in [2.05, 4.69) is 135 Å². The van der Waals surface area contributed by atoms with Gasteiger partial charge in [-0.3, -0.25) is 14.4 Å². The van der Waals surface area contributed by atoms with Crippen LogP contribution in [0.25, 0.3) is 44.7 Å². The Hall–Kier alpha value is -5.56. The minimum absolute atomic E-state index is 0. The van der Waals surface area contributed by atoms with E-state index >= 15 is 0 Å². The number of carbonyl (C=O) groups is 3. The lowest BCUT2D eigenvalue weighted by atomic mass is 9.71. The monoisotopic (exact) mass is 975 g/mol. The highest BCUT2D eigenvalue weighted by atomic mass is 35.5. The Morgan fingerprint density at radius 2 is 1.09 bits per heavy atom. The maximum Gasteiger partial charge on any atom is 0.290 e. The lowest BCUT2D eigenvalue weighted by Gasteiger charge is -2.49. The number of aromatic nitrogens is 2. The quantitative estimate of drug-likeness (QED) is 0.190. The highest BCUT2D eigenvalue weighted by Gasteiger charge is 2.47. The first-order valence-electron chi connectivity index (χ1n) is 24.2. The van der Waals surface area contributed by atoms with Gasteiger partial charge in [-0.15, -0.1) is 0 Å². The number of halogens is 1. The lowest BCUT2D eigenvalue weighted by Crippen LogP contribution is -3.00. The number of quaternary nitrogens is 1. The molecule has 3 aliphatic rings. The van der Waals surface area contributed by atoms with Crippen LogP contribution in [-0.2, 0) is 15.6 Å². The summed E-state index contributed by atoms with van der Waals surface area (Å²) in [5, 5.41) is 12.3. The van der Waals surface area contributed by atoms with Crippen LogP contribution in [-0.4, -0.2) is 103 Å². The van der Waals surface area contributed by atoms with Crippen molar-refractivity contribution in [2.75, 3.05) is 39.3 Å². The van der Waals surface area contributed by atoms with Crippen molar-refractivity contribution in [1.82, 2.24) is 24.7 Å². The number of hydrogen-bond acceptors (Lipinski definition) is 8. The molecule has 376 valence electrons. The van der Waals surface area contributed by atoms with Crippen molar-refractivity contribution in [3.8, 4) is 22.5 Å². The number of pyridine rings is 2. The molecule has 3 N–H and O–H groups in total. The third kappa shape index (κ3) is 11.0. The van der Waals surface area contributed by atoms with Crippen LogP contribution < -0.4 is 17.7 Å². The maximum absolute atomic E-state index is 13.8. The van der Waals surface area contributed by atoms with E-state index in [1.165, 1.54) is 11.1 Å². The highest BCUT2D eigenvalue weighted by molar-refractivity contribution is 5.98. The molecule has 4 aromatic heterocycles. The van der Waals surface area contributed by atoms with Gasteiger partial charge >= 0.3 is 0 Å². The molecule has 2 aliphatic heterocycles. The third-order valence-corrected chi connectivity index (χ3v) is 14.0. The Morgan fingerprint density at radius 1 is 0.657 bits per heavy atom. The Labute approximate surface area is 421 Å². The first-order chi connectivity index (χ1) is 31.7. The maximum atomic E-state index is 13.8. The van der Waals surface area contributed by atoms with Crippen molar-refractivity contribution in [3.05, 3.63) is 107 Å². The van der Waals surface area contributed by atoms with Gasteiger partial charge in [0.05, 0.1) is 47.7 Å². The average molecular weight is 976 g/mol. The smallest absolute Gasteiger partial charge is 0.290 e. The number of nitrogens with zero attached hydrogens (tertiary/aromatic N) is 5. The van der Waals surface area contributed by atoms with Crippen LogP contribution in [0, 0.1) is 19.8 Å². The zero-order valence-electron chi connectivity index (χ0n) is 42.8. The predicted molar refractivity (Wildman–Crippen MR) is 274 cm³/mol. The van der Waals surface area contributed by atoms with E-state index in [1.54, 1.807) is 13.0 Å². The Morgan fingerprint density at radius 3 is 1.47 bits per heavy atom. The second-order valence-electron chi connectivity index (χ2n) is 23.2. The largest absolute Gasteiger partial charge is 1.00 e. The fraction of sp³-hybridized carbons (Fsp3) is 0.491. The normalized spacial score (nSPS) is 19.9. The Balaban J connectivity index is 0.000000229. The van der Waals surface area contributed by atoms with E-state index in [9.17, 15) is 19.5 Å². The molecule has 0 radical (unpaired) electrons. The van der Waals surface area contributed by atoms with Gasteiger partial charge < -0.3 is 46.4 Å². The van der Waals surface area contributed by atoms with Crippen LogP contribution in [0.3, 0.4) is 0 Å². The number of nitrogens with two attached hydrogens (primary N) is 1. The molecule has 70 heavy (non-hydrogen) atoms. The molecule has 1 aliphatic carbocycles. The van der Waals surface area contributed by atoms with E-state index in [0.29, 0.717) is 54.9 Å². The number of aryl methyl sites for hydroxylation is 2. The number of rotatable bonds is 5. The molecule has 3 amide bonds. The number of furan rings is 2. The Bertz CT molecular complexity index is 2870. The third-order valence-electron chi connectivity index (χ3n) is 14.0. The average Bonchev–Trinajstić information content (AvgIpc) is 3.89. The van der Waals surface area contributed by atoms with Gasteiger partial charge in [-0.05, 0) is 84.3 Å². The van der Waals surface area contributed by atoms with Gasteiger partial charge in [-0.2, -0.15) is 0 Å². The summed E-state index contributed by atoms with van der Waals surface area (Å²) in [6.07, 6.45) is 0.996. The number of hydrogen-bond donors (Lipinski definition) is 2. The van der Waals surface area contributed by atoms with Crippen molar-refractivity contribution in [1.29, 1.82) is 0 Å². The van der Waals surface area contributed by atoms with E-state index in [4.69, 9.17) is 18.8 Å². The number of carbonyl (C=O) groups excluding carboxylic acids is 3. The van der Waals surface area contributed by atoms with Crippen LogP contribution in [0.1, 0.15) is 140 Å². The zero-order valence-corrected chi connectivity index (χ0v) is 43.6. The van der Waals surface area contributed by atoms with E-state index < -0.39 is 11.1 Å². The van der Waals surface area contributed by atoms with Crippen LogP contribution in [0.5, 0.6) is 0 Å². The first kappa shape index (κ1) is 53.8. The standard InChI is InChI=1S/C31H39N3O4.C25H31N3O2.CH4.ClH/c1-19-8-10-20(11-9-19)23-14-22(29(2,3)4)26-24(32-23)15-25(38-26)28(36)34-13-12-33(18-30(34,5)6)27(35)21-16-31(7,37)17-21;1-16-7-9-17(10-8-16)19-13-18(24(2,3)4)22-20(27-19)14-21(30-22)23(29)28-12-11-26-15-25(28,5)6;;/h8-11,14-15,21,37H,12-13,16-18H2,1-7H3;7-10,13-14,26H,11-12,15H2,1-6H3;1H4;1H. The number of piperazine rings is 2. The van der Waals surface area contributed by atoms with Crippen LogP contribution in [0.15, 0.2) is 81.6 Å². The van der Waals surface area contributed by atoms with Gasteiger partial charge in [0.2, 0.25) is 5.91 Å². The fourth-order valence-electron chi connectivity index (χ4n) is 10.00. The molecule has 12 nitrogen and oxygen atoms in total. The molecule has 2 saturated heterocycles. The summed E-state index contributed by atoms with van der Waals surface area (Å²) in [5.41, 5.74) is 9.20. The predicted octanol–water partition coefficient (Wildman–Crippen LogP) is 6.86. The minimum Gasteiger partial charge on any atom is -1.00 e. The van der Waals surface area contributed by atoms with Crippen molar-refractivity contribution in [2.24, 2.45) is 5.92 Å². The van der Waals surface area contributed by atoms with Crippen molar-refractivity contribution >= 4 is 39.9 Å². The van der Waals surface area contributed by atoms with Gasteiger partial charge in [-0.25, -0.2) is 9.97 Å². The van der Waals surface area contributed by atoms with Crippen LogP contribution in [0.4, 0.5) is 0 Å². The van der Waals surface area contributed by atoms with E-state index in [1.807, 2.05) is 34.6 Å². The molecular formula is C57H75ClN6O6. The van der Waals surface area contributed by atoms with Crippen molar-refractivity contribution in [2.45, 2.75) is 138 Å². The summed E-state index contributed by atoms with van der Waals surface area (Å²) in [6.45, 7) is 30.8. The zero-order chi connectivity index (χ0) is 49.3. The molecule has 9 rings (SSSR count). The molecule has 6 heterocycles. The number of amides is 3. The summed E-state index contributed by atoms with van der Waals surface area (Å²) in [4.78, 5) is 55.4. The summed E-state index contributed by atoms with van der Waals surface area (Å²) in [7, 11) is 0. The van der Waals surface area contributed by atoms with Crippen molar-refractivity contribution in [3.63, 3.8) is 0 Å². The van der Waals surface area contributed by atoms with Gasteiger partial charge in [-0.1, -0.05) is 109 Å². The molecule has 0 unspecified atom stereocenters. The van der Waals surface area contributed by atoms with E-state index in [0.717, 1.165) is 58.8 Å². The van der Waals surface area contributed by atoms with Gasteiger partial charge in [0.25, 0.3) is 11.8 Å². The lowest BCUT2D eigenvalue weighted by molar-refractivity contribution is -0.673. The molecular weight excluding hydrogens is 900 g/mol. The molecule has 13 heteroatoms. The second-order valence-corrected chi connectivity index (χ2v) is 23.2. The Kier molecular flexibility index (Phi) is 15.0. The fourth-order valence-corrected chi connectivity index (χ4v) is 10.00. The summed E-state index contributed by atoms with van der Waals surface area (Å²) >= 11 is 0. The van der Waals surface area contributed by atoms with Crippen molar-refractivity contribution < 1.29 is 46.0 Å². The molecule has 3 fully saturated rings. The summed E-state index contributed by atoms with van der Waals surface area (Å²) in [5.74, 6) is 0.332. The molecule has 1 saturated carbocycles. The summed E-state index contributed by atoms with van der Waals surface area (Å²) in [6, 6.07) is 24.4. The number of fused-ring (bicyclic) bond motifs is 2. The van der Waals surface area contributed by atoms with Gasteiger partial charge in [0, 0.05) is 59.9 Å². The van der Waals surface area contributed by atoms with Gasteiger partial charge in [0.15, 0.2) is 22.7 Å². The van der Waals surface area contributed by atoms with E-state index in [-0.39, 0.29) is 65.6 Å². The van der Waals surface area contributed by atoms with Crippen LogP contribution >= 0.6 is 0 Å². The van der Waals surface area contributed by atoms with Gasteiger partial charge in [0.1, 0.15) is 11.0 Å². The van der Waals surface area contributed by atoms with Crippen LogP contribution in [0.2, 0.25) is 0 Å². The highest BCUT2D eigenvalue weighted by Crippen LogP contribution is 2.40. The molecule has 2 aromatic carbocycles. The SMILES string of the molecule is C.Cc1ccc(-c2cc(C(C)(C)C)c3oc(C(=O)N4CCN(C(=O)C5CC(C)(O)C5)CC4(C)C)cc3n2)cc1.Cc1ccc(-c2cc(C(C)(C)C)c3oc(C(=O)N4CC[NH2+]CC4(C)C)cc3n2)cc1.[Cl-].